The zero-order chi connectivity index (χ0) is 13.3. The maximum absolute atomic E-state index is 11.2. The van der Waals surface area contributed by atoms with E-state index in [9.17, 15) is 4.79 Å². The molecule has 0 aromatic carbocycles. The predicted octanol–water partition coefficient (Wildman–Crippen LogP) is 1.60. The summed E-state index contributed by atoms with van der Waals surface area (Å²) in [6.45, 7) is 9.11. The molecule has 0 aliphatic carbocycles. The van der Waals surface area contributed by atoms with Gasteiger partial charge in [-0.3, -0.25) is 4.79 Å². The number of rotatable bonds is 8. The van der Waals surface area contributed by atoms with Gasteiger partial charge in [-0.25, -0.2) is 0 Å². The molecule has 0 aromatic heterocycles. The SMILES string of the molecule is C/C=C/C(=O)NCCC(C)(C)OCCC(C)N. The Bertz CT molecular complexity index is 248. The Morgan fingerprint density at radius 2 is 2.18 bits per heavy atom. The molecule has 0 saturated heterocycles. The van der Waals surface area contributed by atoms with Crippen molar-refractivity contribution in [3.05, 3.63) is 12.2 Å². The van der Waals surface area contributed by atoms with Crippen LogP contribution < -0.4 is 11.1 Å². The second-order valence-corrected chi connectivity index (χ2v) is 4.92. The maximum atomic E-state index is 11.2. The van der Waals surface area contributed by atoms with E-state index in [0.717, 1.165) is 12.8 Å². The highest BCUT2D eigenvalue weighted by atomic mass is 16.5. The van der Waals surface area contributed by atoms with Crippen molar-refractivity contribution in [1.29, 1.82) is 0 Å². The molecular formula is C13H26N2O2. The van der Waals surface area contributed by atoms with Gasteiger partial charge in [0.15, 0.2) is 0 Å². The van der Waals surface area contributed by atoms with Gasteiger partial charge in [-0.05, 0) is 46.6 Å². The zero-order valence-corrected chi connectivity index (χ0v) is 11.5. The molecule has 17 heavy (non-hydrogen) atoms. The molecule has 0 bridgehead atoms. The Labute approximate surface area is 105 Å². The van der Waals surface area contributed by atoms with E-state index in [0.29, 0.717) is 13.2 Å². The molecule has 3 N–H and O–H groups in total. The third kappa shape index (κ3) is 10.0. The van der Waals surface area contributed by atoms with Crippen molar-refractivity contribution in [2.24, 2.45) is 5.73 Å². The summed E-state index contributed by atoms with van der Waals surface area (Å²) in [5, 5.41) is 2.81. The van der Waals surface area contributed by atoms with Crippen LogP contribution in [0, 0.1) is 0 Å². The molecule has 0 heterocycles. The Balaban J connectivity index is 3.73. The van der Waals surface area contributed by atoms with Crippen LogP contribution in [0.25, 0.3) is 0 Å². The minimum Gasteiger partial charge on any atom is -0.375 e. The highest BCUT2D eigenvalue weighted by Gasteiger charge is 2.18. The van der Waals surface area contributed by atoms with Gasteiger partial charge in [0.05, 0.1) is 5.60 Å². The summed E-state index contributed by atoms with van der Waals surface area (Å²) in [6.07, 6.45) is 4.88. The highest BCUT2D eigenvalue weighted by molar-refractivity contribution is 5.87. The summed E-state index contributed by atoms with van der Waals surface area (Å²) in [4.78, 5) is 11.2. The van der Waals surface area contributed by atoms with Crippen LogP contribution in [0.1, 0.15) is 40.5 Å². The van der Waals surface area contributed by atoms with Crippen molar-refractivity contribution < 1.29 is 9.53 Å². The number of carbonyl (C=O) groups excluding carboxylic acids is 1. The third-order valence-corrected chi connectivity index (χ3v) is 2.41. The number of amides is 1. The monoisotopic (exact) mass is 242 g/mol. The number of carbonyl (C=O) groups is 1. The average Bonchev–Trinajstić information content (AvgIpc) is 2.16. The molecule has 0 radical (unpaired) electrons. The topological polar surface area (TPSA) is 64.3 Å². The van der Waals surface area contributed by atoms with Crippen molar-refractivity contribution in [3.63, 3.8) is 0 Å². The van der Waals surface area contributed by atoms with E-state index in [4.69, 9.17) is 10.5 Å². The van der Waals surface area contributed by atoms with Gasteiger partial charge in [-0.15, -0.1) is 0 Å². The lowest BCUT2D eigenvalue weighted by atomic mass is 10.1. The molecule has 4 nitrogen and oxygen atoms in total. The third-order valence-electron chi connectivity index (χ3n) is 2.41. The van der Waals surface area contributed by atoms with Gasteiger partial charge in [0, 0.05) is 19.2 Å². The van der Waals surface area contributed by atoms with E-state index in [1.807, 2.05) is 27.7 Å². The normalized spacial score (nSPS) is 13.9. The fourth-order valence-electron chi connectivity index (χ4n) is 1.29. The van der Waals surface area contributed by atoms with E-state index >= 15 is 0 Å². The van der Waals surface area contributed by atoms with Gasteiger partial charge >= 0.3 is 0 Å². The van der Waals surface area contributed by atoms with Gasteiger partial charge in [-0.2, -0.15) is 0 Å². The van der Waals surface area contributed by atoms with Crippen LogP contribution in [0.15, 0.2) is 12.2 Å². The lowest BCUT2D eigenvalue weighted by molar-refractivity contribution is -0.116. The van der Waals surface area contributed by atoms with Crippen molar-refractivity contribution in [2.45, 2.75) is 52.2 Å². The Hall–Kier alpha value is -0.870. The van der Waals surface area contributed by atoms with Gasteiger partial charge < -0.3 is 15.8 Å². The molecule has 4 heteroatoms. The molecule has 0 rings (SSSR count). The van der Waals surface area contributed by atoms with E-state index in [1.54, 1.807) is 6.08 Å². The van der Waals surface area contributed by atoms with E-state index in [-0.39, 0.29) is 17.6 Å². The summed E-state index contributed by atoms with van der Waals surface area (Å²) in [5.74, 6) is -0.0566. The molecule has 1 unspecified atom stereocenters. The van der Waals surface area contributed by atoms with Gasteiger partial charge in [0.25, 0.3) is 0 Å². The maximum Gasteiger partial charge on any atom is 0.243 e. The molecule has 0 saturated carbocycles. The number of nitrogens with two attached hydrogens (primary N) is 1. The Morgan fingerprint density at radius 1 is 1.53 bits per heavy atom. The first-order valence-corrected chi connectivity index (χ1v) is 6.17. The molecule has 0 aliphatic heterocycles. The van der Waals surface area contributed by atoms with E-state index < -0.39 is 0 Å². The lowest BCUT2D eigenvalue weighted by Gasteiger charge is -2.25. The summed E-state index contributed by atoms with van der Waals surface area (Å²) in [6, 6.07) is 0.167. The number of hydrogen-bond acceptors (Lipinski definition) is 3. The Morgan fingerprint density at radius 3 is 2.71 bits per heavy atom. The van der Waals surface area contributed by atoms with Crippen LogP contribution in [-0.2, 0) is 9.53 Å². The standard InChI is InChI=1S/C13H26N2O2/c1-5-6-12(16)15-9-8-13(3,4)17-10-7-11(2)14/h5-6,11H,7-10,14H2,1-4H3,(H,15,16)/b6-5+. The quantitative estimate of drug-likeness (QED) is 0.635. The minimum atomic E-state index is -0.224. The molecule has 0 aromatic rings. The predicted molar refractivity (Wildman–Crippen MR) is 70.7 cm³/mol. The fourth-order valence-corrected chi connectivity index (χ4v) is 1.29. The zero-order valence-electron chi connectivity index (χ0n) is 11.5. The van der Waals surface area contributed by atoms with Crippen molar-refractivity contribution in [1.82, 2.24) is 5.32 Å². The number of allylic oxidation sites excluding steroid dienone is 1. The molecule has 1 atom stereocenters. The summed E-state index contributed by atoms with van der Waals surface area (Å²) >= 11 is 0. The number of ether oxygens (including phenoxy) is 1. The van der Waals surface area contributed by atoms with Crippen LogP contribution in [0.4, 0.5) is 0 Å². The molecule has 0 fully saturated rings. The van der Waals surface area contributed by atoms with E-state index in [2.05, 4.69) is 5.32 Å². The summed E-state index contributed by atoms with van der Waals surface area (Å²) in [7, 11) is 0. The van der Waals surface area contributed by atoms with Crippen molar-refractivity contribution >= 4 is 5.91 Å². The highest BCUT2D eigenvalue weighted by Crippen LogP contribution is 2.14. The second-order valence-electron chi connectivity index (χ2n) is 4.92. The molecule has 100 valence electrons. The average molecular weight is 242 g/mol. The number of nitrogens with one attached hydrogen (secondary N) is 1. The first-order valence-electron chi connectivity index (χ1n) is 6.17. The first-order chi connectivity index (χ1) is 7.87. The van der Waals surface area contributed by atoms with Crippen LogP contribution in [0.3, 0.4) is 0 Å². The molecule has 0 aliphatic rings. The van der Waals surface area contributed by atoms with Gasteiger partial charge in [0.1, 0.15) is 0 Å². The lowest BCUT2D eigenvalue weighted by Crippen LogP contribution is -2.33. The first kappa shape index (κ1) is 16.1. The van der Waals surface area contributed by atoms with Crippen LogP contribution in [0.2, 0.25) is 0 Å². The molecular weight excluding hydrogens is 216 g/mol. The largest absolute Gasteiger partial charge is 0.375 e. The fraction of sp³-hybridized carbons (Fsp3) is 0.769. The Kier molecular flexibility index (Phi) is 7.83. The van der Waals surface area contributed by atoms with E-state index in [1.165, 1.54) is 6.08 Å². The van der Waals surface area contributed by atoms with Crippen LogP contribution in [0.5, 0.6) is 0 Å². The summed E-state index contributed by atoms with van der Waals surface area (Å²) < 4.78 is 5.73. The van der Waals surface area contributed by atoms with Crippen molar-refractivity contribution in [3.8, 4) is 0 Å². The number of hydrogen-bond donors (Lipinski definition) is 2. The summed E-state index contributed by atoms with van der Waals surface area (Å²) in [5.41, 5.74) is 5.43. The van der Waals surface area contributed by atoms with Crippen LogP contribution >= 0.6 is 0 Å². The van der Waals surface area contributed by atoms with Gasteiger partial charge in [0.2, 0.25) is 5.91 Å². The smallest absolute Gasteiger partial charge is 0.243 e. The molecule has 1 amide bonds. The van der Waals surface area contributed by atoms with Crippen molar-refractivity contribution in [2.75, 3.05) is 13.2 Å². The molecule has 0 spiro atoms. The van der Waals surface area contributed by atoms with Crippen LogP contribution in [-0.4, -0.2) is 30.7 Å². The second kappa shape index (κ2) is 8.25. The minimum absolute atomic E-state index is 0.0566. The van der Waals surface area contributed by atoms with Gasteiger partial charge in [-0.1, -0.05) is 6.08 Å².